The molecule has 0 aliphatic heterocycles. The summed E-state index contributed by atoms with van der Waals surface area (Å²) in [5.74, 6) is 0.209. The van der Waals surface area contributed by atoms with Crippen LogP contribution in [0.3, 0.4) is 0 Å². The van der Waals surface area contributed by atoms with Crippen LogP contribution in [-0.2, 0) is 14.3 Å². The first-order valence-electron chi connectivity index (χ1n) is 12.7. The number of methoxy groups -OCH3 is 1. The third kappa shape index (κ3) is 7.08. The number of hydrogen-bond donors (Lipinski definition) is 2. The Balaban J connectivity index is 1.60. The number of aromatic nitrogens is 1. The standard InChI is InChI=1S/C26H40N2O6/c1-5-20(14-18-8-6-7-9-18)24(33-15-19-10-11-19)17(3)34-26(31)16(2)28-25(30)22-23(29)21(32-4)12-13-27-22/h12-13,16-20,24,29H,5-11,14-15H2,1-4H3,(H,28,30)/t16-,17-,20+,24-/m0/s1. The van der Waals surface area contributed by atoms with E-state index in [-0.39, 0.29) is 23.3 Å². The van der Waals surface area contributed by atoms with Crippen LogP contribution in [0, 0.1) is 17.8 Å². The minimum absolute atomic E-state index is 0.132. The first-order chi connectivity index (χ1) is 16.3. The molecule has 1 aromatic rings. The van der Waals surface area contributed by atoms with E-state index >= 15 is 0 Å². The number of carbonyl (C=O) groups is 2. The number of amides is 1. The van der Waals surface area contributed by atoms with Crippen molar-refractivity contribution >= 4 is 11.9 Å². The van der Waals surface area contributed by atoms with E-state index in [1.165, 1.54) is 57.9 Å². The number of nitrogens with zero attached hydrogens (tertiary/aromatic N) is 1. The first-order valence-corrected chi connectivity index (χ1v) is 12.7. The summed E-state index contributed by atoms with van der Waals surface area (Å²) in [6, 6.07) is 0.532. The lowest BCUT2D eigenvalue weighted by atomic mass is 9.85. The molecule has 8 nitrogen and oxygen atoms in total. The Morgan fingerprint density at radius 3 is 2.50 bits per heavy atom. The van der Waals surface area contributed by atoms with Crippen LogP contribution < -0.4 is 10.1 Å². The Morgan fingerprint density at radius 1 is 1.18 bits per heavy atom. The van der Waals surface area contributed by atoms with Crippen LogP contribution in [0.5, 0.6) is 11.5 Å². The van der Waals surface area contributed by atoms with Crippen LogP contribution in [-0.4, -0.2) is 53.9 Å². The zero-order valence-electron chi connectivity index (χ0n) is 20.9. The SMILES string of the molecule is CC[C@H](CC1CCCC1)[C@@H](OCC1CC1)[C@H](C)OC(=O)[C@H](C)NC(=O)c1nccc(OC)c1O. The maximum atomic E-state index is 12.8. The molecular formula is C26H40N2O6. The van der Waals surface area contributed by atoms with Crippen molar-refractivity contribution in [2.75, 3.05) is 13.7 Å². The maximum absolute atomic E-state index is 12.8. The van der Waals surface area contributed by atoms with Crippen LogP contribution >= 0.6 is 0 Å². The number of esters is 1. The third-order valence-corrected chi connectivity index (χ3v) is 7.11. The largest absolute Gasteiger partial charge is 0.503 e. The van der Waals surface area contributed by atoms with Crippen LogP contribution in [0.1, 0.15) is 82.6 Å². The Hall–Kier alpha value is -2.35. The van der Waals surface area contributed by atoms with Crippen molar-refractivity contribution in [3.05, 3.63) is 18.0 Å². The Kier molecular flexibility index (Phi) is 9.56. The molecular weight excluding hydrogens is 436 g/mol. The molecule has 3 rings (SSSR count). The number of rotatable bonds is 13. The number of hydrogen-bond acceptors (Lipinski definition) is 7. The fourth-order valence-electron chi connectivity index (χ4n) is 4.84. The number of ether oxygens (including phenoxy) is 3. The first kappa shape index (κ1) is 26.3. The van der Waals surface area contributed by atoms with Crippen LogP contribution in [0.2, 0.25) is 0 Å². The Labute approximate surface area is 202 Å². The topological polar surface area (TPSA) is 107 Å². The van der Waals surface area contributed by atoms with E-state index in [0.717, 1.165) is 18.8 Å². The molecule has 0 bridgehead atoms. The van der Waals surface area contributed by atoms with Gasteiger partial charge in [-0.1, -0.05) is 39.0 Å². The fourth-order valence-corrected chi connectivity index (χ4v) is 4.84. The Bertz CT molecular complexity index is 822. The summed E-state index contributed by atoms with van der Waals surface area (Å²) in [7, 11) is 1.39. The van der Waals surface area contributed by atoms with Crippen LogP contribution in [0.25, 0.3) is 0 Å². The van der Waals surface area contributed by atoms with Gasteiger partial charge in [0.1, 0.15) is 12.1 Å². The molecule has 2 saturated carbocycles. The minimum atomic E-state index is -0.915. The van der Waals surface area contributed by atoms with Gasteiger partial charge >= 0.3 is 5.97 Å². The summed E-state index contributed by atoms with van der Waals surface area (Å²) >= 11 is 0. The van der Waals surface area contributed by atoms with Gasteiger partial charge in [0.15, 0.2) is 17.2 Å². The van der Waals surface area contributed by atoms with E-state index in [0.29, 0.717) is 18.4 Å². The van der Waals surface area contributed by atoms with Crippen LogP contribution in [0.4, 0.5) is 0 Å². The predicted molar refractivity (Wildman–Crippen MR) is 128 cm³/mol. The highest BCUT2D eigenvalue weighted by Crippen LogP contribution is 2.36. The lowest BCUT2D eigenvalue weighted by molar-refractivity contribution is -0.162. The monoisotopic (exact) mass is 476 g/mol. The molecule has 0 unspecified atom stereocenters. The van der Waals surface area contributed by atoms with E-state index in [9.17, 15) is 14.7 Å². The van der Waals surface area contributed by atoms with Gasteiger partial charge in [0.25, 0.3) is 5.91 Å². The van der Waals surface area contributed by atoms with Crippen molar-refractivity contribution in [2.24, 2.45) is 17.8 Å². The van der Waals surface area contributed by atoms with Gasteiger partial charge in [-0.3, -0.25) is 4.79 Å². The number of aromatic hydroxyl groups is 1. The molecule has 1 heterocycles. The van der Waals surface area contributed by atoms with Crippen molar-refractivity contribution in [3.8, 4) is 11.5 Å². The van der Waals surface area contributed by atoms with Gasteiger partial charge in [0, 0.05) is 18.9 Å². The predicted octanol–water partition coefficient (Wildman–Crippen LogP) is 4.25. The highest BCUT2D eigenvalue weighted by molar-refractivity contribution is 5.97. The third-order valence-electron chi connectivity index (χ3n) is 7.11. The minimum Gasteiger partial charge on any atom is -0.503 e. The van der Waals surface area contributed by atoms with Gasteiger partial charge in [-0.25, -0.2) is 9.78 Å². The molecule has 8 heteroatoms. The molecule has 2 fully saturated rings. The van der Waals surface area contributed by atoms with E-state index in [1.807, 2.05) is 6.92 Å². The molecule has 0 saturated heterocycles. The molecule has 34 heavy (non-hydrogen) atoms. The second-order valence-electron chi connectivity index (χ2n) is 9.84. The molecule has 1 amide bonds. The summed E-state index contributed by atoms with van der Waals surface area (Å²) in [5, 5.41) is 12.7. The number of carbonyl (C=O) groups excluding carboxylic acids is 2. The summed E-state index contributed by atoms with van der Waals surface area (Å²) in [6.07, 6.45) is 10.4. The second-order valence-corrected chi connectivity index (χ2v) is 9.84. The van der Waals surface area contributed by atoms with Gasteiger partial charge in [0.2, 0.25) is 0 Å². The number of pyridine rings is 1. The fraction of sp³-hybridized carbons (Fsp3) is 0.731. The summed E-state index contributed by atoms with van der Waals surface area (Å²) < 4.78 is 17.2. The summed E-state index contributed by atoms with van der Waals surface area (Å²) in [6.45, 7) is 6.33. The highest BCUT2D eigenvalue weighted by atomic mass is 16.6. The maximum Gasteiger partial charge on any atom is 0.328 e. The van der Waals surface area contributed by atoms with Crippen molar-refractivity contribution in [3.63, 3.8) is 0 Å². The molecule has 2 aliphatic carbocycles. The highest BCUT2D eigenvalue weighted by Gasteiger charge is 2.35. The molecule has 0 radical (unpaired) electrons. The van der Waals surface area contributed by atoms with Crippen molar-refractivity contribution in [1.29, 1.82) is 0 Å². The normalized spacial score (nSPS) is 19.8. The zero-order valence-corrected chi connectivity index (χ0v) is 20.9. The smallest absolute Gasteiger partial charge is 0.328 e. The molecule has 1 aromatic heterocycles. The lowest BCUT2D eigenvalue weighted by Crippen LogP contribution is -2.44. The van der Waals surface area contributed by atoms with Crippen molar-refractivity contribution in [1.82, 2.24) is 10.3 Å². The van der Waals surface area contributed by atoms with Gasteiger partial charge in [-0.05, 0) is 50.9 Å². The van der Waals surface area contributed by atoms with Gasteiger partial charge in [0.05, 0.1) is 13.2 Å². The Morgan fingerprint density at radius 2 is 1.88 bits per heavy atom. The second kappa shape index (κ2) is 12.4. The lowest BCUT2D eigenvalue weighted by Gasteiger charge is -2.33. The zero-order chi connectivity index (χ0) is 24.7. The molecule has 0 aromatic carbocycles. The quantitative estimate of drug-likeness (QED) is 0.410. The van der Waals surface area contributed by atoms with Crippen molar-refractivity contribution < 1.29 is 28.9 Å². The molecule has 0 spiro atoms. The molecule has 190 valence electrons. The van der Waals surface area contributed by atoms with Gasteiger partial charge in [-0.2, -0.15) is 0 Å². The number of nitrogens with one attached hydrogen (secondary N) is 1. The average molecular weight is 477 g/mol. The summed E-state index contributed by atoms with van der Waals surface area (Å²) in [4.78, 5) is 29.3. The van der Waals surface area contributed by atoms with E-state index < -0.39 is 24.0 Å². The van der Waals surface area contributed by atoms with Gasteiger partial charge < -0.3 is 24.6 Å². The van der Waals surface area contributed by atoms with E-state index in [4.69, 9.17) is 14.2 Å². The van der Waals surface area contributed by atoms with E-state index in [2.05, 4.69) is 17.2 Å². The molecule has 2 N–H and O–H groups in total. The van der Waals surface area contributed by atoms with Gasteiger partial charge in [-0.15, -0.1) is 0 Å². The summed E-state index contributed by atoms with van der Waals surface area (Å²) in [5.41, 5.74) is -0.208. The van der Waals surface area contributed by atoms with Crippen molar-refractivity contribution in [2.45, 2.75) is 90.4 Å². The van der Waals surface area contributed by atoms with Crippen LogP contribution in [0.15, 0.2) is 12.3 Å². The van der Waals surface area contributed by atoms with E-state index in [1.54, 1.807) is 6.92 Å². The molecule has 2 aliphatic rings. The molecule has 4 atom stereocenters. The average Bonchev–Trinajstić information content (AvgIpc) is 3.51.